The fraction of sp³-hybridized carbons (Fsp3) is 0.308. The molecule has 3 aliphatic carbocycles. The van der Waals surface area contributed by atoms with Crippen LogP contribution < -0.4 is 11.5 Å². The minimum atomic E-state index is -0.0253. The molecule has 2 heterocycles. The van der Waals surface area contributed by atoms with E-state index >= 15 is 0 Å². The zero-order chi connectivity index (χ0) is 20.1. The first-order chi connectivity index (χ1) is 14.6. The average Bonchev–Trinajstić information content (AvgIpc) is 3.20. The van der Waals surface area contributed by atoms with Crippen LogP contribution in [0.2, 0.25) is 0 Å². The van der Waals surface area contributed by atoms with Crippen molar-refractivity contribution in [3.8, 4) is 0 Å². The Balaban J connectivity index is 1.59. The van der Waals surface area contributed by atoms with Crippen molar-refractivity contribution in [3.05, 3.63) is 71.0 Å². The maximum atomic E-state index is 6.91. The van der Waals surface area contributed by atoms with Gasteiger partial charge in [-0.3, -0.25) is 9.97 Å². The second-order valence-electron chi connectivity index (χ2n) is 9.45. The van der Waals surface area contributed by atoms with Crippen molar-refractivity contribution in [2.45, 2.75) is 49.4 Å². The summed E-state index contributed by atoms with van der Waals surface area (Å²) in [6.07, 6.45) is 6.57. The molecule has 1 saturated carbocycles. The lowest BCUT2D eigenvalue weighted by Gasteiger charge is -2.46. The van der Waals surface area contributed by atoms with Gasteiger partial charge in [-0.15, -0.1) is 0 Å². The molecule has 7 rings (SSSR count). The van der Waals surface area contributed by atoms with Crippen molar-refractivity contribution < 1.29 is 0 Å². The minimum Gasteiger partial charge on any atom is -0.398 e. The first-order valence-corrected chi connectivity index (χ1v) is 11.0. The molecule has 0 aliphatic heterocycles. The van der Waals surface area contributed by atoms with Gasteiger partial charge in [0.15, 0.2) is 0 Å². The second kappa shape index (κ2) is 5.31. The molecule has 0 spiro atoms. The van der Waals surface area contributed by atoms with E-state index in [1.54, 1.807) is 0 Å². The number of pyridine rings is 2. The van der Waals surface area contributed by atoms with Crippen molar-refractivity contribution in [2.75, 3.05) is 11.5 Å². The smallest absolute Gasteiger partial charge is 0.0726 e. The lowest BCUT2D eigenvalue weighted by molar-refractivity contribution is 0.178. The summed E-state index contributed by atoms with van der Waals surface area (Å²) in [6, 6.07) is 16.6. The summed E-state index contributed by atoms with van der Waals surface area (Å²) in [6.45, 7) is 0. The van der Waals surface area contributed by atoms with Crippen LogP contribution in [0.25, 0.3) is 21.8 Å². The van der Waals surface area contributed by atoms with Crippen LogP contribution in [0.3, 0.4) is 0 Å². The number of hydrogen-bond acceptors (Lipinski definition) is 4. The number of aromatic nitrogens is 2. The molecule has 4 N–H and O–H groups in total. The molecule has 2 unspecified atom stereocenters. The topological polar surface area (TPSA) is 77.8 Å². The zero-order valence-corrected chi connectivity index (χ0v) is 16.9. The number of nitrogens with zero attached hydrogens (tertiary/aromatic N) is 2. The Morgan fingerprint density at radius 3 is 1.53 bits per heavy atom. The summed E-state index contributed by atoms with van der Waals surface area (Å²) in [5, 5.41) is 2.16. The molecule has 2 atom stereocenters. The van der Waals surface area contributed by atoms with Crippen LogP contribution in [-0.2, 0) is 23.7 Å². The van der Waals surface area contributed by atoms with Crippen molar-refractivity contribution in [1.29, 1.82) is 0 Å². The molecule has 0 amide bonds. The number of para-hydroxylation sites is 2. The summed E-state index contributed by atoms with van der Waals surface area (Å²) in [4.78, 5) is 10.3. The van der Waals surface area contributed by atoms with Gasteiger partial charge in [-0.1, -0.05) is 49.2 Å². The van der Waals surface area contributed by atoms with E-state index in [1.165, 1.54) is 35.4 Å². The van der Waals surface area contributed by atoms with Crippen molar-refractivity contribution in [3.63, 3.8) is 0 Å². The molecule has 0 bridgehead atoms. The Labute approximate surface area is 175 Å². The first kappa shape index (κ1) is 16.6. The summed E-state index contributed by atoms with van der Waals surface area (Å²) < 4.78 is 0. The molecule has 0 radical (unpaired) electrons. The number of rotatable bonds is 0. The number of benzene rings is 2. The van der Waals surface area contributed by atoms with Crippen LogP contribution in [0.15, 0.2) is 48.5 Å². The summed E-state index contributed by atoms with van der Waals surface area (Å²) in [5.74, 6) is 0. The zero-order valence-electron chi connectivity index (χ0n) is 16.9. The third-order valence-corrected chi connectivity index (χ3v) is 8.28. The summed E-state index contributed by atoms with van der Waals surface area (Å²) >= 11 is 0. The predicted molar refractivity (Wildman–Crippen MR) is 122 cm³/mol. The van der Waals surface area contributed by atoms with Crippen LogP contribution in [0.5, 0.6) is 0 Å². The molecule has 148 valence electrons. The van der Waals surface area contributed by atoms with E-state index in [0.717, 1.165) is 58.9 Å². The first-order valence-electron chi connectivity index (χ1n) is 11.0. The molecule has 2 aromatic heterocycles. The van der Waals surface area contributed by atoms with E-state index in [0.29, 0.717) is 0 Å². The van der Waals surface area contributed by atoms with Gasteiger partial charge in [0, 0.05) is 68.3 Å². The molecule has 1 fully saturated rings. The third kappa shape index (κ3) is 1.71. The highest BCUT2D eigenvalue weighted by atomic mass is 14.9. The van der Waals surface area contributed by atoms with Gasteiger partial charge in [0.25, 0.3) is 0 Å². The molecular formula is C26H24N4. The normalized spacial score (nSPS) is 26.4. The van der Waals surface area contributed by atoms with Crippen LogP contribution in [0.4, 0.5) is 11.4 Å². The van der Waals surface area contributed by atoms with Crippen molar-refractivity contribution in [2.24, 2.45) is 0 Å². The summed E-state index contributed by atoms with van der Waals surface area (Å²) in [7, 11) is 0. The van der Waals surface area contributed by atoms with Gasteiger partial charge in [-0.2, -0.15) is 0 Å². The molecule has 0 saturated heterocycles. The standard InChI is InChI=1S/C26H24N4/c27-23-15-7-1-3-9-17(15)29-19-13-26-12-6-5-11-25(26,21(19)23)14-20-22(26)24(28)16-8-2-4-10-18(16)30-20/h1-4,7-10H,5-6,11-14H2,(H2,27,29)(H2,28,30). The van der Waals surface area contributed by atoms with E-state index < -0.39 is 0 Å². The maximum absolute atomic E-state index is 6.91. The number of nitrogens with two attached hydrogens (primary N) is 2. The van der Waals surface area contributed by atoms with Crippen molar-refractivity contribution >= 4 is 33.2 Å². The number of hydrogen-bond donors (Lipinski definition) is 2. The van der Waals surface area contributed by atoms with Gasteiger partial charge in [0.05, 0.1) is 11.0 Å². The van der Waals surface area contributed by atoms with E-state index in [-0.39, 0.29) is 10.8 Å². The Hall–Kier alpha value is -3.14. The molecule has 3 aliphatic rings. The largest absolute Gasteiger partial charge is 0.398 e. The van der Waals surface area contributed by atoms with Gasteiger partial charge < -0.3 is 11.5 Å². The number of fused-ring (bicyclic) bond motifs is 4. The SMILES string of the molecule is Nc1c2c(nc3ccccc13)CC13CCCCC21Cc1nc2ccccc2c(N)c13. The minimum absolute atomic E-state index is 0.0253. The van der Waals surface area contributed by atoms with E-state index in [1.807, 2.05) is 12.1 Å². The molecule has 2 aromatic carbocycles. The Morgan fingerprint density at radius 1 is 0.633 bits per heavy atom. The summed E-state index contributed by atoms with van der Waals surface area (Å²) in [5.41, 5.74) is 22.6. The highest BCUT2D eigenvalue weighted by Crippen LogP contribution is 2.68. The quantitative estimate of drug-likeness (QED) is 0.450. The Morgan fingerprint density at radius 2 is 1.07 bits per heavy atom. The van der Waals surface area contributed by atoms with E-state index in [2.05, 4.69) is 36.4 Å². The van der Waals surface area contributed by atoms with E-state index in [4.69, 9.17) is 21.4 Å². The predicted octanol–water partition coefficient (Wildman–Crippen LogP) is 4.81. The van der Waals surface area contributed by atoms with Gasteiger partial charge in [0.2, 0.25) is 0 Å². The van der Waals surface area contributed by atoms with E-state index in [9.17, 15) is 0 Å². The highest BCUT2D eigenvalue weighted by Gasteiger charge is 2.65. The lowest BCUT2D eigenvalue weighted by atomic mass is 9.56. The number of anilines is 2. The Kier molecular flexibility index (Phi) is 2.94. The lowest BCUT2D eigenvalue weighted by Crippen LogP contribution is -2.46. The molecule has 4 aromatic rings. The average molecular weight is 393 g/mol. The Bertz CT molecular complexity index is 1280. The van der Waals surface area contributed by atoms with Gasteiger partial charge in [-0.25, -0.2) is 0 Å². The maximum Gasteiger partial charge on any atom is 0.0726 e. The highest BCUT2D eigenvalue weighted by molar-refractivity contribution is 5.96. The fourth-order valence-corrected chi connectivity index (χ4v) is 7.23. The van der Waals surface area contributed by atoms with Crippen LogP contribution in [0.1, 0.15) is 48.2 Å². The molecule has 4 nitrogen and oxygen atoms in total. The fourth-order valence-electron chi connectivity index (χ4n) is 7.23. The molecule has 30 heavy (non-hydrogen) atoms. The van der Waals surface area contributed by atoms with Crippen LogP contribution in [0, 0.1) is 0 Å². The van der Waals surface area contributed by atoms with Crippen molar-refractivity contribution in [1.82, 2.24) is 9.97 Å². The molecule has 4 heteroatoms. The van der Waals surface area contributed by atoms with Gasteiger partial charge in [-0.05, 0) is 25.0 Å². The van der Waals surface area contributed by atoms with Gasteiger partial charge >= 0.3 is 0 Å². The van der Waals surface area contributed by atoms with Crippen LogP contribution >= 0.6 is 0 Å². The monoisotopic (exact) mass is 392 g/mol. The van der Waals surface area contributed by atoms with Crippen LogP contribution in [-0.4, -0.2) is 9.97 Å². The van der Waals surface area contributed by atoms with Gasteiger partial charge in [0.1, 0.15) is 0 Å². The second-order valence-corrected chi connectivity index (χ2v) is 9.45. The number of nitrogen functional groups attached to an aromatic ring is 2. The molecular weight excluding hydrogens is 368 g/mol. The third-order valence-electron chi connectivity index (χ3n) is 8.28.